The van der Waals surface area contributed by atoms with E-state index < -0.39 is 0 Å². The molecule has 8 heteroatoms. The molecule has 0 bridgehead atoms. The second kappa shape index (κ2) is 7.53. The van der Waals surface area contributed by atoms with E-state index in [4.69, 9.17) is 4.42 Å². The highest BCUT2D eigenvalue weighted by molar-refractivity contribution is 7.99. The van der Waals surface area contributed by atoms with Crippen LogP contribution in [0.15, 0.2) is 52.1 Å². The average Bonchev–Trinajstić information content (AvgIpc) is 3.20. The smallest absolute Gasteiger partial charge is 0.277 e. The number of carbonyl (C=O) groups excluding carboxylic acids is 3. The van der Waals surface area contributed by atoms with Crippen LogP contribution >= 0.6 is 11.8 Å². The maximum atomic E-state index is 13.0. The van der Waals surface area contributed by atoms with E-state index in [-0.39, 0.29) is 39.8 Å². The zero-order valence-electron chi connectivity index (χ0n) is 16.7. The number of benzene rings is 2. The summed E-state index contributed by atoms with van der Waals surface area (Å²) in [5, 5.41) is 11.0. The molecule has 0 atom stereocenters. The Hall–Kier alpha value is -3.26. The number of anilines is 1. The first-order chi connectivity index (χ1) is 14.3. The topological polar surface area (TPSA) is 102 Å². The summed E-state index contributed by atoms with van der Waals surface area (Å²) in [4.78, 5) is 38.3. The Balaban J connectivity index is 1.52. The van der Waals surface area contributed by atoms with Gasteiger partial charge >= 0.3 is 0 Å². The fraction of sp³-hybridized carbons (Fsp3) is 0.227. The molecule has 0 radical (unpaired) electrons. The monoisotopic (exact) mass is 421 g/mol. The number of fused-ring (bicyclic) bond motifs is 2. The molecule has 1 aliphatic rings. The zero-order valence-corrected chi connectivity index (χ0v) is 17.5. The molecule has 0 fully saturated rings. The van der Waals surface area contributed by atoms with E-state index in [0.717, 1.165) is 11.8 Å². The van der Waals surface area contributed by atoms with E-state index in [1.165, 1.54) is 0 Å². The van der Waals surface area contributed by atoms with Crippen molar-refractivity contribution in [3.63, 3.8) is 0 Å². The molecule has 0 unspecified atom stereocenters. The SMILES string of the molecule is CC(C)(C)c1nnc(SCC(=O)Nc2cccc3c2C(=O)c2ccccc2C3=O)o1. The van der Waals surface area contributed by atoms with Crippen LogP contribution in [0.3, 0.4) is 0 Å². The van der Waals surface area contributed by atoms with Gasteiger partial charge in [-0.25, -0.2) is 0 Å². The third-order valence-corrected chi connectivity index (χ3v) is 5.42. The van der Waals surface area contributed by atoms with Gasteiger partial charge in [0.2, 0.25) is 11.8 Å². The summed E-state index contributed by atoms with van der Waals surface area (Å²) in [6.07, 6.45) is 0. The van der Waals surface area contributed by atoms with Gasteiger partial charge < -0.3 is 9.73 Å². The van der Waals surface area contributed by atoms with Gasteiger partial charge in [-0.15, -0.1) is 10.2 Å². The molecular weight excluding hydrogens is 402 g/mol. The second-order valence-electron chi connectivity index (χ2n) is 7.89. The Kier molecular flexibility index (Phi) is 5.03. The Labute approximate surface area is 177 Å². The Morgan fingerprint density at radius 3 is 2.30 bits per heavy atom. The fourth-order valence-corrected chi connectivity index (χ4v) is 3.70. The number of aromatic nitrogens is 2. The van der Waals surface area contributed by atoms with Crippen molar-refractivity contribution in [2.45, 2.75) is 31.4 Å². The van der Waals surface area contributed by atoms with E-state index in [2.05, 4.69) is 15.5 Å². The lowest BCUT2D eigenvalue weighted by Gasteiger charge is -2.20. The van der Waals surface area contributed by atoms with Crippen LogP contribution in [0, 0.1) is 0 Å². The predicted molar refractivity (Wildman–Crippen MR) is 112 cm³/mol. The molecule has 3 aromatic rings. The standard InChI is InChI=1S/C22H19N3O4S/c1-22(2,3)20-24-25-21(29-20)30-11-16(26)23-15-10-6-9-14-17(15)19(28)13-8-5-4-7-12(13)18(14)27/h4-10H,11H2,1-3H3,(H,23,26). The van der Waals surface area contributed by atoms with Crippen molar-refractivity contribution in [3.8, 4) is 0 Å². The van der Waals surface area contributed by atoms with Crippen LogP contribution in [-0.2, 0) is 10.2 Å². The van der Waals surface area contributed by atoms with E-state index in [1.54, 1.807) is 42.5 Å². The summed E-state index contributed by atoms with van der Waals surface area (Å²) in [5.74, 6) is -0.344. The van der Waals surface area contributed by atoms with Gasteiger partial charge in [0.15, 0.2) is 11.6 Å². The third-order valence-electron chi connectivity index (χ3n) is 4.60. The van der Waals surface area contributed by atoms with E-state index in [0.29, 0.717) is 27.9 Å². The van der Waals surface area contributed by atoms with E-state index in [1.807, 2.05) is 20.8 Å². The molecule has 1 aromatic heterocycles. The van der Waals surface area contributed by atoms with Crippen LogP contribution < -0.4 is 5.32 Å². The Bertz CT molecular complexity index is 1180. The molecule has 30 heavy (non-hydrogen) atoms. The lowest BCUT2D eigenvalue weighted by Crippen LogP contribution is -2.24. The second-order valence-corrected chi connectivity index (χ2v) is 8.82. The third kappa shape index (κ3) is 3.66. The van der Waals surface area contributed by atoms with Crippen molar-refractivity contribution in [1.82, 2.24) is 10.2 Å². The quantitative estimate of drug-likeness (QED) is 0.499. The van der Waals surface area contributed by atoms with Crippen LogP contribution in [0.4, 0.5) is 5.69 Å². The molecule has 1 aliphatic carbocycles. The van der Waals surface area contributed by atoms with E-state index >= 15 is 0 Å². The molecule has 0 spiro atoms. The zero-order chi connectivity index (χ0) is 21.5. The number of hydrogen-bond acceptors (Lipinski definition) is 7. The van der Waals surface area contributed by atoms with E-state index in [9.17, 15) is 14.4 Å². The molecule has 1 amide bonds. The van der Waals surface area contributed by atoms with Crippen molar-refractivity contribution < 1.29 is 18.8 Å². The molecule has 152 valence electrons. The number of rotatable bonds is 4. The van der Waals surface area contributed by atoms with Crippen molar-refractivity contribution >= 4 is 34.9 Å². The minimum Gasteiger partial charge on any atom is -0.415 e. The highest BCUT2D eigenvalue weighted by Crippen LogP contribution is 2.32. The minimum atomic E-state index is -0.344. The normalized spacial score (nSPS) is 13.0. The van der Waals surface area contributed by atoms with Gasteiger partial charge in [0.1, 0.15) is 0 Å². The molecule has 7 nitrogen and oxygen atoms in total. The number of thioether (sulfide) groups is 1. The van der Waals surface area contributed by atoms with Gasteiger partial charge in [0.25, 0.3) is 5.22 Å². The molecule has 0 saturated carbocycles. The van der Waals surface area contributed by atoms with Crippen molar-refractivity contribution in [3.05, 3.63) is 70.6 Å². The highest BCUT2D eigenvalue weighted by atomic mass is 32.2. The van der Waals surface area contributed by atoms with Crippen LogP contribution in [0.1, 0.15) is 58.5 Å². The van der Waals surface area contributed by atoms with Gasteiger partial charge in [-0.2, -0.15) is 0 Å². The molecule has 2 aromatic carbocycles. The molecular formula is C22H19N3O4S. The average molecular weight is 421 g/mol. The summed E-state index contributed by atoms with van der Waals surface area (Å²) < 4.78 is 5.57. The van der Waals surface area contributed by atoms with Crippen LogP contribution in [0.2, 0.25) is 0 Å². The number of amides is 1. The molecule has 1 heterocycles. The Morgan fingerprint density at radius 2 is 1.63 bits per heavy atom. The predicted octanol–water partition coefficient (Wildman–Crippen LogP) is 3.87. The van der Waals surface area contributed by atoms with Crippen molar-refractivity contribution in [2.75, 3.05) is 11.1 Å². The van der Waals surface area contributed by atoms with Gasteiger partial charge in [0.05, 0.1) is 17.0 Å². The van der Waals surface area contributed by atoms with Gasteiger partial charge in [0, 0.05) is 22.1 Å². The summed E-state index contributed by atoms with van der Waals surface area (Å²) in [6.45, 7) is 5.87. The summed E-state index contributed by atoms with van der Waals surface area (Å²) in [6, 6.07) is 11.6. The van der Waals surface area contributed by atoms with Gasteiger partial charge in [-0.3, -0.25) is 14.4 Å². The largest absolute Gasteiger partial charge is 0.415 e. The number of hydrogen-bond donors (Lipinski definition) is 1. The molecule has 4 rings (SSSR count). The van der Waals surface area contributed by atoms with Gasteiger partial charge in [-0.1, -0.05) is 68.9 Å². The first-order valence-electron chi connectivity index (χ1n) is 9.34. The Morgan fingerprint density at radius 1 is 0.967 bits per heavy atom. The number of nitrogens with zero attached hydrogens (tertiary/aromatic N) is 2. The number of nitrogens with one attached hydrogen (secondary N) is 1. The summed E-state index contributed by atoms with van der Waals surface area (Å²) >= 11 is 1.11. The highest BCUT2D eigenvalue weighted by Gasteiger charge is 2.31. The lowest BCUT2D eigenvalue weighted by atomic mass is 9.83. The van der Waals surface area contributed by atoms with Crippen molar-refractivity contribution in [2.24, 2.45) is 0 Å². The van der Waals surface area contributed by atoms with Gasteiger partial charge in [-0.05, 0) is 6.07 Å². The summed E-state index contributed by atoms with van der Waals surface area (Å²) in [7, 11) is 0. The molecule has 1 N–H and O–H groups in total. The number of carbonyl (C=O) groups is 3. The molecule has 0 saturated heterocycles. The van der Waals surface area contributed by atoms with Crippen LogP contribution in [0.5, 0.6) is 0 Å². The minimum absolute atomic E-state index is 0.0220. The summed E-state index contributed by atoms with van der Waals surface area (Å²) in [5.41, 5.74) is 1.25. The lowest BCUT2D eigenvalue weighted by molar-refractivity contribution is -0.113. The first-order valence-corrected chi connectivity index (χ1v) is 10.3. The maximum absolute atomic E-state index is 13.0. The van der Waals surface area contributed by atoms with Crippen LogP contribution in [0.25, 0.3) is 0 Å². The molecule has 0 aliphatic heterocycles. The van der Waals surface area contributed by atoms with Crippen LogP contribution in [-0.4, -0.2) is 33.4 Å². The first kappa shape index (κ1) is 20.0. The number of ketones is 2. The van der Waals surface area contributed by atoms with Crippen molar-refractivity contribution in [1.29, 1.82) is 0 Å². The maximum Gasteiger partial charge on any atom is 0.277 e. The fourth-order valence-electron chi connectivity index (χ4n) is 3.13.